The van der Waals surface area contributed by atoms with Gasteiger partial charge in [-0.05, 0) is 17.1 Å². The average molecular weight is 344 g/mol. The van der Waals surface area contributed by atoms with Gasteiger partial charge < -0.3 is 10.5 Å². The van der Waals surface area contributed by atoms with Crippen LogP contribution >= 0.6 is 35.1 Å². The predicted molar refractivity (Wildman–Crippen MR) is 80.7 cm³/mol. The van der Waals surface area contributed by atoms with E-state index in [0.29, 0.717) is 17.2 Å². The molecule has 1 saturated heterocycles. The van der Waals surface area contributed by atoms with Crippen molar-refractivity contribution < 1.29 is 14.3 Å². The predicted octanol–water partition coefficient (Wildman–Crippen LogP) is 0.300. The third-order valence-electron chi connectivity index (χ3n) is 3.20. The smallest absolute Gasteiger partial charge is 0.354 e. The maximum absolute atomic E-state index is 12.0. The van der Waals surface area contributed by atoms with Gasteiger partial charge in [-0.3, -0.25) is 9.69 Å². The fraction of sp³-hybridized carbons (Fsp3) is 0.455. The lowest BCUT2D eigenvalue weighted by molar-refractivity contribution is -0.149. The Kier molecular flexibility index (Phi) is 4.20. The average Bonchev–Trinajstić information content (AvgIpc) is 3.03. The van der Waals surface area contributed by atoms with Crippen LogP contribution in [0.25, 0.3) is 0 Å². The molecule has 112 valence electrons. The summed E-state index contributed by atoms with van der Waals surface area (Å²) in [5.74, 6) is 0.534. The molecule has 2 aliphatic rings. The molecule has 0 aliphatic carbocycles. The summed E-state index contributed by atoms with van der Waals surface area (Å²) in [6.07, 6.45) is 1.68. The van der Waals surface area contributed by atoms with Crippen LogP contribution in [0.5, 0.6) is 0 Å². The lowest BCUT2D eigenvalue weighted by Crippen LogP contribution is -2.68. The van der Waals surface area contributed by atoms with Crippen molar-refractivity contribution in [2.45, 2.75) is 15.6 Å². The molecule has 21 heavy (non-hydrogen) atoms. The number of thioether (sulfide) groups is 2. The summed E-state index contributed by atoms with van der Waals surface area (Å²) in [6.45, 7) is 0. The molecule has 2 atom stereocenters. The second kappa shape index (κ2) is 5.95. The largest absolute Gasteiger partial charge is 0.464 e. The molecule has 1 aromatic rings. The summed E-state index contributed by atoms with van der Waals surface area (Å²) in [6, 6.07) is -0.533. The van der Waals surface area contributed by atoms with E-state index in [-0.39, 0.29) is 11.3 Å². The minimum Gasteiger partial charge on any atom is -0.464 e. The van der Waals surface area contributed by atoms with E-state index in [9.17, 15) is 9.59 Å². The molecule has 3 heterocycles. The van der Waals surface area contributed by atoms with Crippen LogP contribution in [0.3, 0.4) is 0 Å². The number of rotatable bonds is 4. The number of nitrogens with zero attached hydrogens (tertiary/aromatic N) is 3. The van der Waals surface area contributed by atoms with Gasteiger partial charge in [0.2, 0.25) is 5.91 Å². The molecule has 0 radical (unpaired) electrons. The molecule has 0 saturated carbocycles. The Morgan fingerprint density at radius 2 is 2.48 bits per heavy atom. The third-order valence-corrected chi connectivity index (χ3v) is 6.48. The van der Waals surface area contributed by atoms with Crippen molar-refractivity contribution in [3.8, 4) is 0 Å². The van der Waals surface area contributed by atoms with Crippen LogP contribution < -0.4 is 5.73 Å². The minimum atomic E-state index is -0.533. The fourth-order valence-electron chi connectivity index (χ4n) is 2.16. The standard InChI is InChI=1S/C11H12N4O3S3/c1-18-11(17)8-5(3-19-6-2-13-14-21-6)4-20-10-7(12)9(16)15(8)10/h2,7,10H,3-4,12H2,1H3/t7?,10-/m0/s1. The number of fused-ring (bicyclic) bond motifs is 1. The van der Waals surface area contributed by atoms with Crippen LogP contribution in [0.4, 0.5) is 0 Å². The summed E-state index contributed by atoms with van der Waals surface area (Å²) >= 11 is 4.41. The number of carbonyl (C=O) groups is 2. The van der Waals surface area contributed by atoms with Crippen LogP contribution in [-0.2, 0) is 14.3 Å². The molecule has 0 aromatic carbocycles. The Bertz CT molecular complexity index is 604. The quantitative estimate of drug-likeness (QED) is 0.473. The highest BCUT2D eigenvalue weighted by Gasteiger charge is 2.51. The van der Waals surface area contributed by atoms with Gasteiger partial charge in [-0.25, -0.2) is 4.79 Å². The lowest BCUT2D eigenvalue weighted by atomic mass is 10.0. The first-order valence-electron chi connectivity index (χ1n) is 6.04. The Morgan fingerprint density at radius 3 is 3.14 bits per heavy atom. The molecule has 1 amide bonds. The number of hydrogen-bond donors (Lipinski definition) is 1. The second-order valence-electron chi connectivity index (χ2n) is 4.40. The molecule has 2 aliphatic heterocycles. The van der Waals surface area contributed by atoms with E-state index < -0.39 is 12.0 Å². The van der Waals surface area contributed by atoms with E-state index in [2.05, 4.69) is 9.59 Å². The fourth-order valence-corrected chi connectivity index (χ4v) is 5.01. The van der Waals surface area contributed by atoms with Crippen molar-refractivity contribution in [3.05, 3.63) is 17.5 Å². The number of aromatic nitrogens is 2. The van der Waals surface area contributed by atoms with E-state index in [1.54, 1.807) is 18.0 Å². The van der Waals surface area contributed by atoms with Gasteiger partial charge >= 0.3 is 5.97 Å². The molecule has 1 fully saturated rings. The van der Waals surface area contributed by atoms with Gasteiger partial charge in [0.05, 0.1) is 13.3 Å². The number of esters is 1. The van der Waals surface area contributed by atoms with E-state index in [0.717, 1.165) is 9.78 Å². The molecule has 0 bridgehead atoms. The van der Waals surface area contributed by atoms with Crippen LogP contribution in [0, 0.1) is 0 Å². The summed E-state index contributed by atoms with van der Waals surface area (Å²) in [5.41, 5.74) is 6.99. The molecular weight excluding hydrogens is 332 g/mol. The highest BCUT2D eigenvalue weighted by atomic mass is 32.2. The third kappa shape index (κ3) is 2.56. The zero-order valence-corrected chi connectivity index (χ0v) is 13.5. The number of amides is 1. The Hall–Kier alpha value is -1.10. The van der Waals surface area contributed by atoms with Gasteiger partial charge in [-0.15, -0.1) is 28.6 Å². The van der Waals surface area contributed by atoms with E-state index in [4.69, 9.17) is 10.5 Å². The van der Waals surface area contributed by atoms with Gasteiger partial charge in [0.25, 0.3) is 0 Å². The van der Waals surface area contributed by atoms with Crippen LogP contribution in [-0.4, -0.2) is 56.4 Å². The summed E-state index contributed by atoms with van der Waals surface area (Å²) in [4.78, 5) is 25.4. The first-order valence-corrected chi connectivity index (χ1v) is 8.85. The van der Waals surface area contributed by atoms with E-state index in [1.165, 1.54) is 35.3 Å². The Labute approximate surface area is 133 Å². The molecule has 1 unspecified atom stereocenters. The van der Waals surface area contributed by atoms with Crippen molar-refractivity contribution >= 4 is 46.9 Å². The Morgan fingerprint density at radius 1 is 1.67 bits per heavy atom. The van der Waals surface area contributed by atoms with Crippen LogP contribution in [0.15, 0.2) is 21.7 Å². The molecule has 3 rings (SSSR count). The lowest BCUT2D eigenvalue weighted by Gasteiger charge is -2.48. The van der Waals surface area contributed by atoms with E-state index >= 15 is 0 Å². The second-order valence-corrected chi connectivity index (χ2v) is 7.57. The molecule has 2 N–H and O–H groups in total. The monoisotopic (exact) mass is 344 g/mol. The maximum atomic E-state index is 12.0. The van der Waals surface area contributed by atoms with Crippen molar-refractivity contribution in [3.63, 3.8) is 0 Å². The maximum Gasteiger partial charge on any atom is 0.354 e. The van der Waals surface area contributed by atoms with Gasteiger partial charge in [-0.2, -0.15) is 0 Å². The van der Waals surface area contributed by atoms with Gasteiger partial charge in [0.15, 0.2) is 0 Å². The number of carbonyl (C=O) groups excluding carboxylic acids is 2. The van der Waals surface area contributed by atoms with Gasteiger partial charge in [0.1, 0.15) is 21.3 Å². The zero-order chi connectivity index (χ0) is 15.0. The van der Waals surface area contributed by atoms with Crippen LogP contribution in [0.1, 0.15) is 0 Å². The number of β-lactam (4-membered cyclic amide) rings is 1. The minimum absolute atomic E-state index is 0.162. The number of methoxy groups -OCH3 is 1. The summed E-state index contributed by atoms with van der Waals surface area (Å²) in [7, 11) is 1.31. The highest BCUT2D eigenvalue weighted by molar-refractivity contribution is 8.01. The number of ether oxygens (including phenoxy) is 1. The number of nitrogens with two attached hydrogens (primary N) is 1. The zero-order valence-electron chi connectivity index (χ0n) is 11.0. The van der Waals surface area contributed by atoms with Crippen molar-refractivity contribution in [1.82, 2.24) is 14.5 Å². The first kappa shape index (κ1) is 14.8. The molecule has 1 aromatic heterocycles. The van der Waals surface area contributed by atoms with E-state index in [1.807, 2.05) is 0 Å². The molecule has 10 heteroatoms. The summed E-state index contributed by atoms with van der Waals surface area (Å²) in [5, 5.41) is 3.61. The Balaban J connectivity index is 1.84. The normalized spacial score (nSPS) is 24.7. The van der Waals surface area contributed by atoms with Gasteiger partial charge in [0, 0.05) is 11.5 Å². The molecule has 7 nitrogen and oxygen atoms in total. The van der Waals surface area contributed by atoms with Crippen molar-refractivity contribution in [2.24, 2.45) is 5.73 Å². The van der Waals surface area contributed by atoms with Crippen LogP contribution in [0.2, 0.25) is 0 Å². The summed E-state index contributed by atoms with van der Waals surface area (Å²) < 4.78 is 9.58. The number of hydrogen-bond acceptors (Lipinski definition) is 9. The molecular formula is C11H12N4O3S3. The van der Waals surface area contributed by atoms with Crippen molar-refractivity contribution in [1.29, 1.82) is 0 Å². The SMILES string of the molecule is COC(=O)C1=C(CSc2cnns2)CS[C@H]2C(N)C(=O)N12. The highest BCUT2D eigenvalue weighted by Crippen LogP contribution is 2.41. The topological polar surface area (TPSA) is 98.4 Å². The van der Waals surface area contributed by atoms with Crippen molar-refractivity contribution in [2.75, 3.05) is 18.6 Å². The molecule has 0 spiro atoms. The first-order chi connectivity index (χ1) is 10.1. The van der Waals surface area contributed by atoms with Gasteiger partial charge in [-0.1, -0.05) is 4.49 Å².